The number of aromatic hydroxyl groups is 1. The number of Topliss-reactive ketones (excluding diaryl/α,β-unsaturated/α-hetero) is 1. The molecule has 0 saturated carbocycles. The molecule has 0 bridgehead atoms. The number of fused-ring (bicyclic) bond motifs is 1. The Labute approximate surface area is 117 Å². The van der Waals surface area contributed by atoms with Crippen molar-refractivity contribution in [2.75, 3.05) is 0 Å². The fraction of sp³-hybridized carbons (Fsp3) is 0.312. The van der Waals surface area contributed by atoms with Crippen molar-refractivity contribution in [3.8, 4) is 5.75 Å². The second kappa shape index (κ2) is 4.40. The standard InChI is InChI=1S/C16H16N2O2/c1-10-6-9-17-11-5-7-16(2,15(20)13(10)11)14-12(19)4-3-8-18-14/h3-4,6,8-9,19H,5,7H2,1-2H3. The molecule has 0 aromatic carbocycles. The summed E-state index contributed by atoms with van der Waals surface area (Å²) >= 11 is 0. The van der Waals surface area contributed by atoms with Gasteiger partial charge in [0.2, 0.25) is 0 Å². The molecule has 0 radical (unpaired) electrons. The highest BCUT2D eigenvalue weighted by Gasteiger charge is 2.43. The largest absolute Gasteiger partial charge is 0.506 e. The quantitative estimate of drug-likeness (QED) is 0.863. The van der Waals surface area contributed by atoms with Gasteiger partial charge in [-0.05, 0) is 50.5 Å². The topological polar surface area (TPSA) is 63.1 Å². The first kappa shape index (κ1) is 12.8. The maximum atomic E-state index is 12.9. The van der Waals surface area contributed by atoms with Crippen molar-refractivity contribution in [2.45, 2.75) is 32.1 Å². The van der Waals surface area contributed by atoms with E-state index in [4.69, 9.17) is 0 Å². The highest BCUT2D eigenvalue weighted by atomic mass is 16.3. The van der Waals surface area contributed by atoms with E-state index in [0.717, 1.165) is 17.7 Å². The number of pyridine rings is 2. The first-order valence-electron chi connectivity index (χ1n) is 6.68. The maximum absolute atomic E-state index is 12.9. The van der Waals surface area contributed by atoms with Crippen LogP contribution in [-0.2, 0) is 11.8 Å². The lowest BCUT2D eigenvalue weighted by molar-refractivity contribution is 0.0867. The van der Waals surface area contributed by atoms with Crippen LogP contribution in [0.5, 0.6) is 5.75 Å². The third kappa shape index (κ3) is 1.72. The highest BCUT2D eigenvalue weighted by Crippen LogP contribution is 2.40. The number of hydrogen-bond acceptors (Lipinski definition) is 4. The van der Waals surface area contributed by atoms with Gasteiger partial charge in [-0.25, -0.2) is 0 Å². The van der Waals surface area contributed by atoms with Crippen molar-refractivity contribution < 1.29 is 9.90 Å². The predicted octanol–water partition coefficient (Wildman–Crippen LogP) is 2.58. The van der Waals surface area contributed by atoms with Crippen molar-refractivity contribution in [3.63, 3.8) is 0 Å². The molecule has 0 aliphatic heterocycles. The highest BCUT2D eigenvalue weighted by molar-refractivity contribution is 6.06. The van der Waals surface area contributed by atoms with Crippen molar-refractivity contribution in [1.82, 2.24) is 9.97 Å². The molecule has 0 fully saturated rings. The molecule has 2 aromatic heterocycles. The van der Waals surface area contributed by atoms with E-state index in [1.165, 1.54) is 0 Å². The average Bonchev–Trinajstić information content (AvgIpc) is 2.44. The van der Waals surface area contributed by atoms with Gasteiger partial charge in [0, 0.05) is 18.0 Å². The summed E-state index contributed by atoms with van der Waals surface area (Å²) in [7, 11) is 0. The Balaban J connectivity index is 2.17. The van der Waals surface area contributed by atoms with Gasteiger partial charge in [-0.15, -0.1) is 0 Å². The van der Waals surface area contributed by atoms with Gasteiger partial charge >= 0.3 is 0 Å². The molecule has 2 heterocycles. The van der Waals surface area contributed by atoms with E-state index < -0.39 is 5.41 Å². The first-order valence-corrected chi connectivity index (χ1v) is 6.68. The van der Waals surface area contributed by atoms with Crippen molar-refractivity contribution in [3.05, 3.63) is 53.1 Å². The van der Waals surface area contributed by atoms with Crippen molar-refractivity contribution in [2.24, 2.45) is 0 Å². The second-order valence-corrected chi connectivity index (χ2v) is 5.48. The zero-order chi connectivity index (χ0) is 14.3. The van der Waals surface area contributed by atoms with Gasteiger partial charge in [-0.3, -0.25) is 14.8 Å². The average molecular weight is 268 g/mol. The summed E-state index contributed by atoms with van der Waals surface area (Å²) in [6.07, 6.45) is 4.68. The summed E-state index contributed by atoms with van der Waals surface area (Å²) in [6.45, 7) is 3.77. The molecule has 102 valence electrons. The van der Waals surface area contributed by atoms with Crippen LogP contribution in [0.15, 0.2) is 30.6 Å². The number of nitrogens with zero attached hydrogens (tertiary/aromatic N) is 2. The van der Waals surface area contributed by atoms with Crippen LogP contribution in [-0.4, -0.2) is 20.9 Å². The third-order valence-corrected chi connectivity index (χ3v) is 4.14. The van der Waals surface area contributed by atoms with Gasteiger partial charge < -0.3 is 5.11 Å². The summed E-state index contributed by atoms with van der Waals surface area (Å²) in [5.41, 5.74) is 2.14. The molecule has 1 aliphatic carbocycles. The van der Waals surface area contributed by atoms with Crippen LogP contribution in [0.25, 0.3) is 0 Å². The minimum Gasteiger partial charge on any atom is -0.506 e. The molecule has 4 nitrogen and oxygen atoms in total. The fourth-order valence-corrected chi connectivity index (χ4v) is 2.92. The molecular formula is C16H16N2O2. The predicted molar refractivity (Wildman–Crippen MR) is 74.9 cm³/mol. The van der Waals surface area contributed by atoms with Gasteiger partial charge in [0.25, 0.3) is 0 Å². The number of aromatic nitrogens is 2. The SMILES string of the molecule is Cc1ccnc2c1C(=O)C(C)(c1ncccc1O)CC2. The van der Waals surface area contributed by atoms with Crippen LogP contribution in [0.2, 0.25) is 0 Å². The van der Waals surface area contributed by atoms with E-state index in [-0.39, 0.29) is 11.5 Å². The minimum atomic E-state index is -0.786. The summed E-state index contributed by atoms with van der Waals surface area (Å²) in [5.74, 6) is 0.0756. The normalized spacial score (nSPS) is 21.6. The molecule has 0 spiro atoms. The number of carbonyl (C=O) groups excluding carboxylic acids is 1. The lowest BCUT2D eigenvalue weighted by atomic mass is 9.70. The van der Waals surface area contributed by atoms with Gasteiger partial charge in [-0.2, -0.15) is 0 Å². The van der Waals surface area contributed by atoms with E-state index >= 15 is 0 Å². The van der Waals surface area contributed by atoms with E-state index in [1.807, 2.05) is 19.9 Å². The second-order valence-electron chi connectivity index (χ2n) is 5.48. The third-order valence-electron chi connectivity index (χ3n) is 4.14. The molecule has 1 N–H and O–H groups in total. The van der Waals surface area contributed by atoms with Gasteiger partial charge in [0.05, 0.1) is 16.8 Å². The lowest BCUT2D eigenvalue weighted by Gasteiger charge is -2.33. The van der Waals surface area contributed by atoms with Crippen LogP contribution in [0, 0.1) is 6.92 Å². The van der Waals surface area contributed by atoms with E-state index in [2.05, 4.69) is 9.97 Å². The van der Waals surface area contributed by atoms with Gasteiger partial charge in [0.15, 0.2) is 5.78 Å². The number of rotatable bonds is 1. The first-order chi connectivity index (χ1) is 9.54. The monoisotopic (exact) mass is 268 g/mol. The molecule has 1 aliphatic rings. The maximum Gasteiger partial charge on any atom is 0.176 e. The van der Waals surface area contributed by atoms with Crippen LogP contribution < -0.4 is 0 Å². The summed E-state index contributed by atoms with van der Waals surface area (Å²) in [6, 6.07) is 5.09. The molecule has 2 aromatic rings. The molecule has 4 heteroatoms. The van der Waals surface area contributed by atoms with Crippen molar-refractivity contribution >= 4 is 5.78 Å². The van der Waals surface area contributed by atoms with Crippen molar-refractivity contribution in [1.29, 1.82) is 0 Å². The van der Waals surface area contributed by atoms with E-state index in [1.54, 1.807) is 24.5 Å². The van der Waals surface area contributed by atoms with Crippen LogP contribution in [0.1, 0.15) is 40.7 Å². The summed E-state index contributed by atoms with van der Waals surface area (Å²) < 4.78 is 0. The molecule has 20 heavy (non-hydrogen) atoms. The Morgan fingerprint density at radius 1 is 1.25 bits per heavy atom. The van der Waals surface area contributed by atoms with Gasteiger partial charge in [0.1, 0.15) is 5.75 Å². The molecule has 0 amide bonds. The Kier molecular flexibility index (Phi) is 2.82. The Morgan fingerprint density at radius 3 is 2.80 bits per heavy atom. The molecule has 0 saturated heterocycles. The fourth-order valence-electron chi connectivity index (χ4n) is 2.92. The minimum absolute atomic E-state index is 0.00153. The van der Waals surface area contributed by atoms with Crippen LogP contribution in [0.4, 0.5) is 0 Å². The lowest BCUT2D eigenvalue weighted by Crippen LogP contribution is -2.39. The number of ketones is 1. The molecule has 1 atom stereocenters. The molecule has 1 unspecified atom stereocenters. The zero-order valence-electron chi connectivity index (χ0n) is 11.6. The van der Waals surface area contributed by atoms with E-state index in [0.29, 0.717) is 17.7 Å². The van der Waals surface area contributed by atoms with Crippen LogP contribution in [0.3, 0.4) is 0 Å². The summed E-state index contributed by atoms with van der Waals surface area (Å²) in [4.78, 5) is 21.5. The number of aryl methyl sites for hydroxylation is 2. The Bertz CT molecular complexity index is 697. The zero-order valence-corrected chi connectivity index (χ0v) is 11.6. The summed E-state index contributed by atoms with van der Waals surface area (Å²) in [5, 5.41) is 10.0. The number of hydrogen-bond donors (Lipinski definition) is 1. The Hall–Kier alpha value is -2.23. The molecular weight excluding hydrogens is 252 g/mol. The smallest absolute Gasteiger partial charge is 0.176 e. The number of carbonyl (C=O) groups is 1. The van der Waals surface area contributed by atoms with E-state index in [9.17, 15) is 9.90 Å². The van der Waals surface area contributed by atoms with Gasteiger partial charge in [-0.1, -0.05) is 0 Å². The van der Waals surface area contributed by atoms with Crippen LogP contribution >= 0.6 is 0 Å². The Morgan fingerprint density at radius 2 is 2.05 bits per heavy atom. The molecule has 3 rings (SSSR count).